The van der Waals surface area contributed by atoms with E-state index in [4.69, 9.17) is 9.47 Å². The van der Waals surface area contributed by atoms with Crippen LogP contribution in [-0.4, -0.2) is 35.1 Å². The Kier molecular flexibility index (Phi) is 7.00. The molecular weight excluding hydrogens is 296 g/mol. The van der Waals surface area contributed by atoms with Gasteiger partial charge in [-0.3, -0.25) is 4.79 Å². The van der Waals surface area contributed by atoms with E-state index in [1.807, 2.05) is 13.8 Å². The topological polar surface area (TPSA) is 77.5 Å². The van der Waals surface area contributed by atoms with Crippen LogP contribution in [0.15, 0.2) is 18.3 Å². The van der Waals surface area contributed by atoms with E-state index in [1.165, 1.54) is 0 Å². The first kappa shape index (κ1) is 18.9. The van der Waals surface area contributed by atoms with Crippen molar-refractivity contribution in [2.24, 2.45) is 0 Å². The number of nitrogens with one attached hydrogen (secondary N) is 1. The van der Waals surface area contributed by atoms with Gasteiger partial charge in [-0.25, -0.2) is 9.78 Å². The zero-order valence-corrected chi connectivity index (χ0v) is 14.5. The molecule has 6 heteroatoms. The molecule has 0 unspecified atom stereocenters. The number of ketones is 1. The summed E-state index contributed by atoms with van der Waals surface area (Å²) in [4.78, 5) is 27.9. The molecule has 1 amide bonds. The lowest BCUT2D eigenvalue weighted by molar-refractivity contribution is 0.0525. The van der Waals surface area contributed by atoms with E-state index in [-0.39, 0.29) is 11.9 Å². The van der Waals surface area contributed by atoms with Gasteiger partial charge in [0.15, 0.2) is 5.78 Å². The molecular formula is C17H26N2O4. The quantitative estimate of drug-likeness (QED) is 0.615. The Morgan fingerprint density at radius 1 is 1.30 bits per heavy atom. The second kappa shape index (κ2) is 8.50. The molecule has 0 aliphatic carbocycles. The number of ether oxygens (including phenoxy) is 2. The summed E-state index contributed by atoms with van der Waals surface area (Å²) in [5, 5.41) is 2.63. The van der Waals surface area contributed by atoms with E-state index in [0.717, 1.165) is 0 Å². The molecule has 128 valence electrons. The van der Waals surface area contributed by atoms with Crippen molar-refractivity contribution in [3.8, 4) is 5.88 Å². The molecule has 1 N–H and O–H groups in total. The lowest BCUT2D eigenvalue weighted by atomic mass is 10.1. The second-order valence-corrected chi connectivity index (χ2v) is 6.48. The Bertz CT molecular complexity index is 536. The Morgan fingerprint density at radius 3 is 2.61 bits per heavy atom. The highest BCUT2D eigenvalue weighted by atomic mass is 16.6. The summed E-state index contributed by atoms with van der Waals surface area (Å²) < 4.78 is 10.7. The highest BCUT2D eigenvalue weighted by Crippen LogP contribution is 2.18. The van der Waals surface area contributed by atoms with Crippen molar-refractivity contribution in [2.75, 3.05) is 6.54 Å². The molecule has 0 bridgehead atoms. The summed E-state index contributed by atoms with van der Waals surface area (Å²) in [6.07, 6.45) is 1.89. The fourth-order valence-electron chi connectivity index (χ4n) is 1.81. The number of aromatic nitrogens is 1. The van der Waals surface area contributed by atoms with Gasteiger partial charge in [0.1, 0.15) is 5.60 Å². The molecule has 0 atom stereocenters. The summed E-state index contributed by atoms with van der Waals surface area (Å²) in [7, 11) is 0. The number of pyridine rings is 1. The summed E-state index contributed by atoms with van der Waals surface area (Å²) in [5.74, 6) is 0.298. The molecule has 0 saturated heterocycles. The van der Waals surface area contributed by atoms with Gasteiger partial charge in [0, 0.05) is 19.2 Å². The number of hydrogen-bond acceptors (Lipinski definition) is 5. The van der Waals surface area contributed by atoms with Crippen LogP contribution in [0.3, 0.4) is 0 Å². The molecule has 0 radical (unpaired) electrons. The first-order valence-electron chi connectivity index (χ1n) is 7.81. The Balaban J connectivity index is 2.44. The smallest absolute Gasteiger partial charge is 0.407 e. The monoisotopic (exact) mass is 322 g/mol. The van der Waals surface area contributed by atoms with Gasteiger partial charge in [-0.05, 0) is 53.2 Å². The standard InChI is InChI=1S/C17H26N2O4/c1-12(2)22-15-13(8-6-10-18-15)14(20)9-7-11-19-16(21)23-17(3,4)5/h6,8,10,12H,7,9,11H2,1-5H3,(H,19,21). The lowest BCUT2D eigenvalue weighted by Gasteiger charge is -2.19. The van der Waals surface area contributed by atoms with E-state index in [2.05, 4.69) is 10.3 Å². The lowest BCUT2D eigenvalue weighted by Crippen LogP contribution is -2.33. The number of rotatable bonds is 7. The number of Topliss-reactive ketones (excluding diaryl/α,β-unsaturated/α-hetero) is 1. The van der Waals surface area contributed by atoms with E-state index >= 15 is 0 Å². The van der Waals surface area contributed by atoms with Crippen molar-refractivity contribution in [3.05, 3.63) is 23.9 Å². The predicted octanol–water partition coefficient (Wildman–Crippen LogP) is 3.36. The first-order valence-corrected chi connectivity index (χ1v) is 7.81. The van der Waals surface area contributed by atoms with Gasteiger partial charge < -0.3 is 14.8 Å². The van der Waals surface area contributed by atoms with Crippen molar-refractivity contribution in [1.82, 2.24) is 10.3 Å². The molecule has 0 saturated carbocycles. The molecule has 6 nitrogen and oxygen atoms in total. The second-order valence-electron chi connectivity index (χ2n) is 6.48. The fraction of sp³-hybridized carbons (Fsp3) is 0.588. The molecule has 1 rings (SSSR count). The largest absolute Gasteiger partial charge is 0.474 e. The van der Waals surface area contributed by atoms with Gasteiger partial charge in [0.05, 0.1) is 11.7 Å². The minimum atomic E-state index is -0.529. The third kappa shape index (κ3) is 7.63. The van der Waals surface area contributed by atoms with Crippen LogP contribution in [0.25, 0.3) is 0 Å². The highest BCUT2D eigenvalue weighted by Gasteiger charge is 2.17. The maximum Gasteiger partial charge on any atom is 0.407 e. The van der Waals surface area contributed by atoms with Gasteiger partial charge in [0.2, 0.25) is 5.88 Å². The zero-order valence-electron chi connectivity index (χ0n) is 14.5. The Hall–Kier alpha value is -2.11. The Labute approximate surface area is 137 Å². The number of amides is 1. The molecule has 0 aliphatic heterocycles. The summed E-state index contributed by atoms with van der Waals surface area (Å²) in [6, 6.07) is 3.41. The SMILES string of the molecule is CC(C)Oc1ncccc1C(=O)CCCNC(=O)OC(C)(C)C. The summed E-state index contributed by atoms with van der Waals surface area (Å²) >= 11 is 0. The van der Waals surface area contributed by atoms with Crippen molar-refractivity contribution in [1.29, 1.82) is 0 Å². The first-order chi connectivity index (χ1) is 10.7. The molecule has 23 heavy (non-hydrogen) atoms. The minimum absolute atomic E-state index is 0.0507. The molecule has 1 aromatic heterocycles. The number of carbonyl (C=O) groups excluding carboxylic acids is 2. The molecule has 0 fully saturated rings. The van der Waals surface area contributed by atoms with Crippen LogP contribution in [0.4, 0.5) is 4.79 Å². The maximum absolute atomic E-state index is 12.3. The van der Waals surface area contributed by atoms with E-state index in [0.29, 0.717) is 30.8 Å². The third-order valence-corrected chi connectivity index (χ3v) is 2.67. The predicted molar refractivity (Wildman–Crippen MR) is 87.8 cm³/mol. The van der Waals surface area contributed by atoms with Crippen molar-refractivity contribution >= 4 is 11.9 Å². The van der Waals surface area contributed by atoms with Crippen molar-refractivity contribution in [2.45, 2.75) is 59.2 Å². The highest BCUT2D eigenvalue weighted by molar-refractivity contribution is 5.98. The van der Waals surface area contributed by atoms with Crippen LogP contribution < -0.4 is 10.1 Å². The van der Waals surface area contributed by atoms with Gasteiger partial charge in [-0.2, -0.15) is 0 Å². The van der Waals surface area contributed by atoms with Crippen molar-refractivity contribution in [3.63, 3.8) is 0 Å². The fourth-order valence-corrected chi connectivity index (χ4v) is 1.81. The van der Waals surface area contributed by atoms with E-state index < -0.39 is 11.7 Å². The van der Waals surface area contributed by atoms with E-state index in [9.17, 15) is 9.59 Å². The van der Waals surface area contributed by atoms with Gasteiger partial charge in [-0.1, -0.05) is 0 Å². The maximum atomic E-state index is 12.3. The van der Waals surface area contributed by atoms with Crippen LogP contribution in [0, 0.1) is 0 Å². The normalized spacial score (nSPS) is 11.2. The van der Waals surface area contributed by atoms with E-state index in [1.54, 1.807) is 39.1 Å². The van der Waals surface area contributed by atoms with Crippen LogP contribution in [0.2, 0.25) is 0 Å². The van der Waals surface area contributed by atoms with Gasteiger partial charge in [-0.15, -0.1) is 0 Å². The van der Waals surface area contributed by atoms with Crippen LogP contribution in [0.5, 0.6) is 5.88 Å². The van der Waals surface area contributed by atoms with Crippen LogP contribution in [0.1, 0.15) is 57.8 Å². The van der Waals surface area contributed by atoms with Crippen LogP contribution in [-0.2, 0) is 4.74 Å². The molecule has 0 aromatic carbocycles. The molecule has 1 aromatic rings. The third-order valence-electron chi connectivity index (χ3n) is 2.67. The number of hydrogen-bond donors (Lipinski definition) is 1. The number of alkyl carbamates (subject to hydrolysis) is 1. The molecule has 1 heterocycles. The Morgan fingerprint density at radius 2 is 2.00 bits per heavy atom. The molecule has 0 aliphatic rings. The van der Waals surface area contributed by atoms with Gasteiger partial charge in [0.25, 0.3) is 0 Å². The average molecular weight is 322 g/mol. The minimum Gasteiger partial charge on any atom is -0.474 e. The number of carbonyl (C=O) groups is 2. The zero-order chi connectivity index (χ0) is 17.5. The number of nitrogens with zero attached hydrogens (tertiary/aromatic N) is 1. The van der Waals surface area contributed by atoms with Crippen molar-refractivity contribution < 1.29 is 19.1 Å². The summed E-state index contributed by atoms with van der Waals surface area (Å²) in [5.41, 5.74) is -0.0583. The molecule has 0 spiro atoms. The summed E-state index contributed by atoms with van der Waals surface area (Å²) in [6.45, 7) is 9.54. The van der Waals surface area contributed by atoms with Gasteiger partial charge >= 0.3 is 6.09 Å². The average Bonchev–Trinajstić information content (AvgIpc) is 2.41. The van der Waals surface area contributed by atoms with Crippen LogP contribution >= 0.6 is 0 Å².